The predicted molar refractivity (Wildman–Crippen MR) is 65.4 cm³/mol. The van der Waals surface area contributed by atoms with Gasteiger partial charge in [-0.3, -0.25) is 0 Å². The van der Waals surface area contributed by atoms with Crippen LogP contribution in [-0.2, 0) is 0 Å². The minimum absolute atomic E-state index is 0.0979. The number of guanidine groups is 2. The van der Waals surface area contributed by atoms with E-state index in [1.807, 2.05) is 0 Å². The van der Waals surface area contributed by atoms with Crippen LogP contribution in [0.5, 0.6) is 0 Å². The average Bonchev–Trinajstić information content (AvgIpc) is 2.18. The number of alkyl halides is 2. The highest BCUT2D eigenvalue weighted by atomic mass is 32.2. The zero-order valence-corrected chi connectivity index (χ0v) is 9.49. The van der Waals surface area contributed by atoms with Crippen molar-refractivity contribution >= 4 is 29.4 Å². The molecule has 0 aromatic heterocycles. The van der Waals surface area contributed by atoms with Crippen LogP contribution in [0, 0.1) is 0 Å². The molecule has 0 aliphatic heterocycles. The molecule has 5 nitrogen and oxygen atoms in total. The Morgan fingerprint density at radius 3 is 2.18 bits per heavy atom. The van der Waals surface area contributed by atoms with Crippen LogP contribution in [0.1, 0.15) is 0 Å². The summed E-state index contributed by atoms with van der Waals surface area (Å²) in [5.74, 6) is -2.74. The fourth-order valence-corrected chi connectivity index (χ4v) is 1.49. The van der Waals surface area contributed by atoms with Gasteiger partial charge in [-0.2, -0.15) is 13.8 Å². The Hall–Kier alpha value is -1.83. The fraction of sp³-hybridized carbons (Fsp3) is 0.111. The Labute approximate surface area is 101 Å². The maximum atomic E-state index is 12.0. The van der Waals surface area contributed by atoms with Gasteiger partial charge in [0.25, 0.3) is 5.76 Å². The van der Waals surface area contributed by atoms with Gasteiger partial charge in [0, 0.05) is 4.90 Å². The van der Waals surface area contributed by atoms with Gasteiger partial charge in [0.2, 0.25) is 5.96 Å². The molecular formula is C9H11F2N5S. The van der Waals surface area contributed by atoms with E-state index < -0.39 is 5.76 Å². The molecule has 0 spiro atoms. The molecule has 0 bridgehead atoms. The molecule has 0 saturated carbocycles. The summed E-state index contributed by atoms with van der Waals surface area (Å²) in [6.45, 7) is 0. The zero-order valence-electron chi connectivity index (χ0n) is 8.68. The third-order valence-electron chi connectivity index (χ3n) is 1.55. The Kier molecular flexibility index (Phi) is 4.70. The van der Waals surface area contributed by atoms with Gasteiger partial charge in [0.05, 0.1) is 5.69 Å². The maximum absolute atomic E-state index is 12.0. The minimum atomic E-state index is -2.45. The van der Waals surface area contributed by atoms with Gasteiger partial charge in [0.1, 0.15) is 0 Å². The Balaban J connectivity index is 2.78. The second-order valence-electron chi connectivity index (χ2n) is 2.88. The first-order valence-corrected chi connectivity index (χ1v) is 5.34. The van der Waals surface area contributed by atoms with E-state index in [4.69, 9.17) is 17.2 Å². The molecule has 0 atom stereocenters. The van der Waals surface area contributed by atoms with Gasteiger partial charge in [-0.05, 0) is 24.3 Å². The van der Waals surface area contributed by atoms with Gasteiger partial charge in [-0.25, -0.2) is 4.99 Å². The van der Waals surface area contributed by atoms with Crippen molar-refractivity contribution in [3.05, 3.63) is 24.3 Å². The largest absolute Gasteiger partial charge is 0.370 e. The molecule has 0 saturated heterocycles. The van der Waals surface area contributed by atoms with Crippen molar-refractivity contribution in [3.8, 4) is 0 Å². The molecule has 1 aromatic rings. The van der Waals surface area contributed by atoms with E-state index in [9.17, 15) is 8.78 Å². The molecule has 0 radical (unpaired) electrons. The lowest BCUT2D eigenvalue weighted by atomic mass is 10.3. The normalized spacial score (nSPS) is 11.6. The second kappa shape index (κ2) is 6.04. The molecule has 92 valence electrons. The lowest BCUT2D eigenvalue weighted by Gasteiger charge is -2.00. The standard InChI is InChI=1S/C9H11F2N5S/c10-7(11)17-6-3-1-5(2-4-6)15-9(14)16-8(12)13/h1-4,7H,(H6,12,13,14,15,16). The molecule has 0 heterocycles. The summed E-state index contributed by atoms with van der Waals surface area (Å²) in [4.78, 5) is 7.83. The van der Waals surface area contributed by atoms with Gasteiger partial charge < -0.3 is 17.2 Å². The predicted octanol–water partition coefficient (Wildman–Crippen LogP) is 1.22. The number of halogens is 2. The molecule has 0 aliphatic rings. The summed E-state index contributed by atoms with van der Waals surface area (Å²) in [5, 5.41) is 0. The first-order valence-electron chi connectivity index (χ1n) is 4.46. The van der Waals surface area contributed by atoms with Crippen molar-refractivity contribution in [1.82, 2.24) is 0 Å². The molecule has 17 heavy (non-hydrogen) atoms. The highest BCUT2D eigenvalue weighted by molar-refractivity contribution is 7.99. The number of hydrogen-bond acceptors (Lipinski definition) is 2. The summed E-state index contributed by atoms with van der Waals surface area (Å²) in [5.41, 5.74) is 16.1. The van der Waals surface area contributed by atoms with Crippen LogP contribution in [-0.4, -0.2) is 17.7 Å². The molecule has 8 heteroatoms. The van der Waals surface area contributed by atoms with E-state index in [2.05, 4.69) is 9.98 Å². The third kappa shape index (κ3) is 5.16. The van der Waals surface area contributed by atoms with Gasteiger partial charge >= 0.3 is 0 Å². The van der Waals surface area contributed by atoms with Gasteiger partial charge in [0.15, 0.2) is 5.96 Å². The summed E-state index contributed by atoms with van der Waals surface area (Å²) in [7, 11) is 0. The monoisotopic (exact) mass is 259 g/mol. The number of nitrogens with zero attached hydrogens (tertiary/aromatic N) is 2. The number of hydrogen-bond donors (Lipinski definition) is 3. The lowest BCUT2D eigenvalue weighted by Crippen LogP contribution is -2.26. The highest BCUT2D eigenvalue weighted by Crippen LogP contribution is 2.26. The van der Waals surface area contributed by atoms with E-state index in [0.717, 1.165) is 0 Å². The Morgan fingerprint density at radius 2 is 1.71 bits per heavy atom. The summed E-state index contributed by atoms with van der Waals surface area (Å²) >= 11 is 0.456. The van der Waals surface area contributed by atoms with Gasteiger partial charge in [-0.15, -0.1) is 0 Å². The van der Waals surface area contributed by atoms with E-state index >= 15 is 0 Å². The highest BCUT2D eigenvalue weighted by Gasteiger charge is 2.04. The average molecular weight is 259 g/mol. The van der Waals surface area contributed by atoms with Crippen LogP contribution in [0.25, 0.3) is 0 Å². The first kappa shape index (κ1) is 13.2. The zero-order chi connectivity index (χ0) is 12.8. The molecular weight excluding hydrogens is 248 g/mol. The molecule has 0 amide bonds. The third-order valence-corrected chi connectivity index (χ3v) is 2.27. The van der Waals surface area contributed by atoms with Crippen LogP contribution in [0.4, 0.5) is 14.5 Å². The van der Waals surface area contributed by atoms with Crippen molar-refractivity contribution in [3.63, 3.8) is 0 Å². The Morgan fingerprint density at radius 1 is 1.12 bits per heavy atom. The van der Waals surface area contributed by atoms with Crippen LogP contribution in [0.3, 0.4) is 0 Å². The smallest absolute Gasteiger partial charge is 0.288 e. The van der Waals surface area contributed by atoms with Crippen LogP contribution < -0.4 is 17.2 Å². The number of nitrogens with two attached hydrogens (primary N) is 3. The van der Waals surface area contributed by atoms with Gasteiger partial charge in [-0.1, -0.05) is 11.8 Å². The van der Waals surface area contributed by atoms with E-state index in [0.29, 0.717) is 22.3 Å². The molecule has 6 N–H and O–H groups in total. The van der Waals surface area contributed by atoms with Crippen LogP contribution in [0.15, 0.2) is 39.1 Å². The van der Waals surface area contributed by atoms with Crippen LogP contribution in [0.2, 0.25) is 0 Å². The Bertz CT molecular complexity index is 426. The molecule has 0 fully saturated rings. The van der Waals surface area contributed by atoms with Crippen molar-refractivity contribution in [1.29, 1.82) is 0 Å². The number of benzene rings is 1. The van der Waals surface area contributed by atoms with E-state index in [1.165, 1.54) is 12.1 Å². The quantitative estimate of drug-likeness (QED) is 0.431. The topological polar surface area (TPSA) is 103 Å². The molecule has 1 aromatic carbocycles. The van der Waals surface area contributed by atoms with E-state index in [1.54, 1.807) is 12.1 Å². The summed E-state index contributed by atoms with van der Waals surface area (Å²) < 4.78 is 24.1. The van der Waals surface area contributed by atoms with Crippen molar-refractivity contribution in [2.24, 2.45) is 27.2 Å². The van der Waals surface area contributed by atoms with Crippen LogP contribution >= 0.6 is 11.8 Å². The number of aliphatic imine (C=N–C) groups is 2. The minimum Gasteiger partial charge on any atom is -0.370 e. The first-order chi connectivity index (χ1) is 7.97. The molecule has 1 rings (SSSR count). The van der Waals surface area contributed by atoms with Crippen molar-refractivity contribution < 1.29 is 8.78 Å². The second-order valence-corrected chi connectivity index (χ2v) is 3.94. The number of rotatable bonds is 3. The lowest BCUT2D eigenvalue weighted by molar-refractivity contribution is 0.252. The number of thioether (sulfide) groups is 1. The van der Waals surface area contributed by atoms with Crippen molar-refractivity contribution in [2.75, 3.05) is 0 Å². The molecule has 0 aliphatic carbocycles. The fourth-order valence-electron chi connectivity index (χ4n) is 0.992. The SMILES string of the molecule is NC(N)=NC(N)=Nc1ccc(SC(F)F)cc1. The molecule has 0 unspecified atom stereocenters. The summed E-state index contributed by atoms with van der Waals surface area (Å²) in [6.07, 6.45) is 0. The van der Waals surface area contributed by atoms with Crippen molar-refractivity contribution in [2.45, 2.75) is 10.7 Å². The maximum Gasteiger partial charge on any atom is 0.288 e. The summed E-state index contributed by atoms with van der Waals surface area (Å²) in [6, 6.07) is 6.11. The van der Waals surface area contributed by atoms with E-state index in [-0.39, 0.29) is 11.9 Å².